The second kappa shape index (κ2) is 8.19. The van der Waals surface area contributed by atoms with Crippen LogP contribution in [0.4, 0.5) is 5.13 Å². The van der Waals surface area contributed by atoms with Crippen molar-refractivity contribution < 1.29 is 9.59 Å². The van der Waals surface area contributed by atoms with Gasteiger partial charge in [-0.1, -0.05) is 0 Å². The molecule has 2 N–H and O–H groups in total. The first-order valence-electron chi connectivity index (χ1n) is 7.40. The summed E-state index contributed by atoms with van der Waals surface area (Å²) >= 11 is 4.55. The number of hydrogen-bond donors (Lipinski definition) is 2. The van der Waals surface area contributed by atoms with Crippen LogP contribution in [0.2, 0.25) is 0 Å². The van der Waals surface area contributed by atoms with Gasteiger partial charge in [0.1, 0.15) is 0 Å². The standard InChI is InChI=1S/C17H15N3O2S3/c1-11(21)18-8-13-3-4-15(25-13)14-10-24-17(19-14)20-16(22)5-2-12-6-7-23-9-12/h2-7,9-10H,8H2,1H3,(H,18,21)(H,19,20,22)/b5-2+. The second-order valence-corrected chi connectivity index (χ2v) is 7.90. The number of carbonyl (C=O) groups is 2. The molecule has 0 aliphatic carbocycles. The maximum atomic E-state index is 11.9. The van der Waals surface area contributed by atoms with Gasteiger partial charge in [-0.3, -0.25) is 14.9 Å². The maximum absolute atomic E-state index is 11.9. The number of nitrogens with one attached hydrogen (secondary N) is 2. The van der Waals surface area contributed by atoms with Crippen molar-refractivity contribution in [2.45, 2.75) is 13.5 Å². The van der Waals surface area contributed by atoms with E-state index in [1.54, 1.807) is 28.7 Å². The Labute approximate surface area is 157 Å². The number of anilines is 1. The average molecular weight is 390 g/mol. The van der Waals surface area contributed by atoms with E-state index >= 15 is 0 Å². The normalized spacial score (nSPS) is 10.9. The summed E-state index contributed by atoms with van der Waals surface area (Å²) < 4.78 is 0. The molecule has 25 heavy (non-hydrogen) atoms. The lowest BCUT2D eigenvalue weighted by atomic mass is 10.3. The Morgan fingerprint density at radius 2 is 2.12 bits per heavy atom. The van der Waals surface area contributed by atoms with E-state index < -0.39 is 0 Å². The van der Waals surface area contributed by atoms with Gasteiger partial charge in [0, 0.05) is 23.3 Å². The largest absolute Gasteiger partial charge is 0.351 e. The zero-order valence-electron chi connectivity index (χ0n) is 13.3. The van der Waals surface area contributed by atoms with Crippen LogP contribution < -0.4 is 10.6 Å². The third kappa shape index (κ3) is 5.09. The first-order chi connectivity index (χ1) is 12.1. The van der Waals surface area contributed by atoms with Gasteiger partial charge in [-0.2, -0.15) is 11.3 Å². The van der Waals surface area contributed by atoms with Crippen molar-refractivity contribution in [3.63, 3.8) is 0 Å². The predicted molar refractivity (Wildman–Crippen MR) is 105 cm³/mol. The summed E-state index contributed by atoms with van der Waals surface area (Å²) in [5.74, 6) is -0.256. The summed E-state index contributed by atoms with van der Waals surface area (Å²) in [5, 5.41) is 12.0. The van der Waals surface area contributed by atoms with Gasteiger partial charge in [-0.05, 0) is 40.6 Å². The van der Waals surface area contributed by atoms with Crippen LogP contribution in [0, 0.1) is 0 Å². The number of hydrogen-bond acceptors (Lipinski definition) is 6. The monoisotopic (exact) mass is 389 g/mol. The summed E-state index contributed by atoms with van der Waals surface area (Å²) in [7, 11) is 0. The number of thiophene rings is 2. The molecule has 0 aliphatic heterocycles. The maximum Gasteiger partial charge on any atom is 0.250 e. The van der Waals surface area contributed by atoms with E-state index in [1.807, 2.05) is 34.3 Å². The van der Waals surface area contributed by atoms with E-state index in [-0.39, 0.29) is 11.8 Å². The molecule has 0 unspecified atom stereocenters. The van der Waals surface area contributed by atoms with E-state index in [4.69, 9.17) is 0 Å². The molecule has 0 radical (unpaired) electrons. The van der Waals surface area contributed by atoms with Crippen LogP contribution in [0.3, 0.4) is 0 Å². The quantitative estimate of drug-likeness (QED) is 0.620. The summed E-state index contributed by atoms with van der Waals surface area (Å²) in [4.78, 5) is 29.4. The van der Waals surface area contributed by atoms with Gasteiger partial charge in [0.25, 0.3) is 0 Å². The van der Waals surface area contributed by atoms with Crippen LogP contribution in [0.5, 0.6) is 0 Å². The second-order valence-electron chi connectivity index (χ2n) is 5.09. The molecule has 3 rings (SSSR count). The summed E-state index contributed by atoms with van der Waals surface area (Å²) in [6, 6.07) is 5.89. The van der Waals surface area contributed by atoms with Crippen LogP contribution in [-0.4, -0.2) is 16.8 Å². The summed E-state index contributed by atoms with van der Waals surface area (Å²) in [5.41, 5.74) is 1.83. The molecule has 8 heteroatoms. The molecule has 0 bridgehead atoms. The predicted octanol–water partition coefficient (Wildman–Crippen LogP) is 4.22. The van der Waals surface area contributed by atoms with Crippen LogP contribution in [-0.2, 0) is 16.1 Å². The lowest BCUT2D eigenvalue weighted by Gasteiger charge is -1.97. The van der Waals surface area contributed by atoms with Crippen LogP contribution in [0.1, 0.15) is 17.4 Å². The number of nitrogens with zero attached hydrogens (tertiary/aromatic N) is 1. The van der Waals surface area contributed by atoms with E-state index in [0.717, 1.165) is 21.0 Å². The first-order valence-corrected chi connectivity index (χ1v) is 10.0. The Morgan fingerprint density at radius 3 is 2.88 bits per heavy atom. The minimum atomic E-state index is -0.204. The molecular formula is C17H15N3O2S3. The summed E-state index contributed by atoms with van der Waals surface area (Å²) in [6.07, 6.45) is 3.27. The minimum absolute atomic E-state index is 0.0517. The Kier molecular flexibility index (Phi) is 5.75. The van der Waals surface area contributed by atoms with E-state index in [0.29, 0.717) is 11.7 Å². The van der Waals surface area contributed by atoms with E-state index in [2.05, 4.69) is 15.6 Å². The number of rotatable bonds is 6. The van der Waals surface area contributed by atoms with Gasteiger partial charge in [0.15, 0.2) is 5.13 Å². The Hall–Kier alpha value is -2.29. The highest BCUT2D eigenvalue weighted by Crippen LogP contribution is 2.30. The van der Waals surface area contributed by atoms with Crippen molar-refractivity contribution in [3.8, 4) is 10.6 Å². The topological polar surface area (TPSA) is 71.1 Å². The van der Waals surface area contributed by atoms with Crippen molar-refractivity contribution in [2.75, 3.05) is 5.32 Å². The van der Waals surface area contributed by atoms with Gasteiger partial charge >= 0.3 is 0 Å². The SMILES string of the molecule is CC(=O)NCc1ccc(-c2csc(NC(=O)/C=C/c3ccsc3)n2)s1. The summed E-state index contributed by atoms with van der Waals surface area (Å²) in [6.45, 7) is 2.01. The van der Waals surface area contributed by atoms with Gasteiger partial charge in [0.2, 0.25) is 11.8 Å². The molecule has 3 aromatic heterocycles. The Morgan fingerprint density at radius 1 is 1.24 bits per heavy atom. The van der Waals surface area contributed by atoms with Crippen molar-refractivity contribution in [2.24, 2.45) is 0 Å². The van der Waals surface area contributed by atoms with Crippen molar-refractivity contribution in [1.29, 1.82) is 0 Å². The highest BCUT2D eigenvalue weighted by molar-refractivity contribution is 7.17. The zero-order valence-corrected chi connectivity index (χ0v) is 15.8. The zero-order chi connectivity index (χ0) is 17.6. The Bertz CT molecular complexity index is 894. The van der Waals surface area contributed by atoms with E-state index in [1.165, 1.54) is 24.3 Å². The molecule has 0 saturated heterocycles. The highest BCUT2D eigenvalue weighted by atomic mass is 32.1. The minimum Gasteiger partial charge on any atom is -0.351 e. The van der Waals surface area contributed by atoms with E-state index in [9.17, 15) is 9.59 Å². The van der Waals surface area contributed by atoms with Crippen molar-refractivity contribution >= 4 is 57.0 Å². The molecule has 0 fully saturated rings. The molecule has 0 aromatic carbocycles. The molecule has 0 spiro atoms. The number of thiazole rings is 1. The fourth-order valence-electron chi connectivity index (χ4n) is 1.96. The molecule has 0 atom stereocenters. The third-order valence-corrected chi connectivity index (χ3v) is 5.70. The molecule has 2 amide bonds. The molecule has 3 heterocycles. The molecule has 3 aromatic rings. The number of amides is 2. The van der Waals surface area contributed by atoms with Crippen LogP contribution in [0.25, 0.3) is 16.6 Å². The number of aromatic nitrogens is 1. The number of carbonyl (C=O) groups excluding carboxylic acids is 2. The van der Waals surface area contributed by atoms with Crippen LogP contribution >= 0.6 is 34.0 Å². The lowest BCUT2D eigenvalue weighted by molar-refractivity contribution is -0.119. The van der Waals surface area contributed by atoms with Gasteiger partial charge in [0.05, 0.1) is 17.1 Å². The molecule has 0 aliphatic rings. The first kappa shape index (κ1) is 17.5. The molecule has 5 nitrogen and oxygen atoms in total. The molecule has 0 saturated carbocycles. The highest BCUT2D eigenvalue weighted by Gasteiger charge is 2.09. The fraction of sp³-hybridized carbons (Fsp3) is 0.118. The fourth-order valence-corrected chi connectivity index (χ4v) is 4.28. The van der Waals surface area contributed by atoms with Gasteiger partial charge in [-0.25, -0.2) is 4.98 Å². The van der Waals surface area contributed by atoms with Crippen molar-refractivity contribution in [3.05, 3.63) is 50.9 Å². The lowest BCUT2D eigenvalue weighted by Crippen LogP contribution is -2.17. The van der Waals surface area contributed by atoms with Gasteiger partial charge in [-0.15, -0.1) is 22.7 Å². The van der Waals surface area contributed by atoms with Crippen molar-refractivity contribution in [1.82, 2.24) is 10.3 Å². The van der Waals surface area contributed by atoms with Crippen LogP contribution in [0.15, 0.2) is 40.4 Å². The third-order valence-electron chi connectivity index (χ3n) is 3.13. The molecule has 128 valence electrons. The van der Waals surface area contributed by atoms with Gasteiger partial charge < -0.3 is 5.32 Å². The molecular weight excluding hydrogens is 374 g/mol. The average Bonchev–Trinajstić information content (AvgIpc) is 3.32. The Balaban J connectivity index is 1.60. The smallest absolute Gasteiger partial charge is 0.250 e.